The van der Waals surface area contributed by atoms with Gasteiger partial charge in [-0.2, -0.15) is 5.10 Å². The van der Waals surface area contributed by atoms with Crippen molar-refractivity contribution in [1.82, 2.24) is 5.32 Å². The molecule has 3 rings (SSSR count). The zero-order chi connectivity index (χ0) is 21.7. The van der Waals surface area contributed by atoms with Crippen LogP contribution in [0.3, 0.4) is 0 Å². The van der Waals surface area contributed by atoms with E-state index in [1.54, 1.807) is 6.21 Å². The highest BCUT2D eigenvalue weighted by molar-refractivity contribution is 6.38. The highest BCUT2D eigenvalue weighted by atomic mass is 16.5. The number of nitrogens with zero attached hydrogens (tertiary/aromatic N) is 2. The average Bonchev–Trinajstić information content (AvgIpc) is 2.83. The molecule has 1 unspecified atom stereocenters. The van der Waals surface area contributed by atoms with Crippen molar-refractivity contribution in [3.8, 4) is 11.8 Å². The van der Waals surface area contributed by atoms with Crippen molar-refractivity contribution in [2.24, 2.45) is 15.9 Å². The van der Waals surface area contributed by atoms with Crippen LogP contribution in [0.1, 0.15) is 48.4 Å². The SMILES string of the molecule is CCc1cc(C#CCNCc2ccccc2)ccc1/C(C=NCC1CCCCO1)=N/N. The Morgan fingerprint density at radius 3 is 2.84 bits per heavy atom. The second-order valence-corrected chi connectivity index (χ2v) is 7.61. The molecule has 1 heterocycles. The van der Waals surface area contributed by atoms with Crippen LogP contribution in [0.2, 0.25) is 0 Å². The molecule has 2 aromatic rings. The molecule has 0 saturated carbocycles. The van der Waals surface area contributed by atoms with Crippen LogP contribution >= 0.6 is 0 Å². The minimum atomic E-state index is 0.211. The Kier molecular flexibility index (Phi) is 9.31. The van der Waals surface area contributed by atoms with Gasteiger partial charge in [0.15, 0.2) is 0 Å². The summed E-state index contributed by atoms with van der Waals surface area (Å²) >= 11 is 0. The highest BCUT2D eigenvalue weighted by Crippen LogP contribution is 2.15. The Morgan fingerprint density at radius 1 is 1.23 bits per heavy atom. The molecule has 5 heteroatoms. The maximum atomic E-state index is 5.73. The molecule has 0 spiro atoms. The summed E-state index contributed by atoms with van der Waals surface area (Å²) in [6.45, 7) is 5.07. The Balaban J connectivity index is 1.58. The number of aliphatic imine (C=N–C) groups is 1. The zero-order valence-electron chi connectivity index (χ0n) is 18.3. The lowest BCUT2D eigenvalue weighted by atomic mass is 9.98. The van der Waals surface area contributed by atoms with E-state index in [4.69, 9.17) is 10.6 Å². The molecule has 2 aromatic carbocycles. The van der Waals surface area contributed by atoms with E-state index in [9.17, 15) is 0 Å². The average molecular weight is 417 g/mol. The van der Waals surface area contributed by atoms with E-state index < -0.39 is 0 Å². The first-order valence-electron chi connectivity index (χ1n) is 11.1. The Bertz CT molecular complexity index is 935. The number of benzene rings is 2. The molecular formula is C26H32N4O. The van der Waals surface area contributed by atoms with E-state index in [0.717, 1.165) is 49.1 Å². The number of ether oxygens (including phenoxy) is 1. The molecule has 0 aromatic heterocycles. The van der Waals surface area contributed by atoms with Crippen molar-refractivity contribution in [2.45, 2.75) is 45.3 Å². The summed E-state index contributed by atoms with van der Waals surface area (Å²) in [7, 11) is 0. The summed E-state index contributed by atoms with van der Waals surface area (Å²) in [6, 6.07) is 16.5. The minimum Gasteiger partial charge on any atom is -0.376 e. The third kappa shape index (κ3) is 7.36. The molecule has 0 amide bonds. The van der Waals surface area contributed by atoms with Crippen LogP contribution in [0.25, 0.3) is 0 Å². The van der Waals surface area contributed by atoms with Crippen LogP contribution in [0.15, 0.2) is 58.6 Å². The summed E-state index contributed by atoms with van der Waals surface area (Å²) in [5.41, 5.74) is 5.11. The van der Waals surface area contributed by atoms with Gasteiger partial charge in [0.1, 0.15) is 5.71 Å². The summed E-state index contributed by atoms with van der Waals surface area (Å²) in [5.74, 6) is 12.1. The largest absolute Gasteiger partial charge is 0.376 e. The normalized spacial score (nSPS) is 16.8. The third-order valence-corrected chi connectivity index (χ3v) is 5.32. The number of nitrogens with one attached hydrogen (secondary N) is 1. The van der Waals surface area contributed by atoms with Gasteiger partial charge in [-0.15, -0.1) is 0 Å². The van der Waals surface area contributed by atoms with Gasteiger partial charge in [-0.3, -0.25) is 4.99 Å². The number of hydrogen-bond acceptors (Lipinski definition) is 5. The van der Waals surface area contributed by atoms with Crippen molar-refractivity contribution in [3.63, 3.8) is 0 Å². The number of hydrogen-bond donors (Lipinski definition) is 2. The van der Waals surface area contributed by atoms with Crippen LogP contribution in [0.4, 0.5) is 0 Å². The van der Waals surface area contributed by atoms with Gasteiger partial charge in [0.25, 0.3) is 0 Å². The summed E-state index contributed by atoms with van der Waals surface area (Å²) in [6.07, 6.45) is 6.28. The molecule has 31 heavy (non-hydrogen) atoms. The van der Waals surface area contributed by atoms with Crippen molar-refractivity contribution in [1.29, 1.82) is 0 Å². The lowest BCUT2D eigenvalue weighted by Crippen LogP contribution is -2.22. The van der Waals surface area contributed by atoms with Crippen molar-refractivity contribution < 1.29 is 4.74 Å². The molecule has 3 N–H and O–H groups in total. The predicted octanol–water partition coefficient (Wildman–Crippen LogP) is 3.69. The predicted molar refractivity (Wildman–Crippen MR) is 129 cm³/mol. The van der Waals surface area contributed by atoms with Crippen LogP contribution in [-0.4, -0.2) is 37.7 Å². The quantitative estimate of drug-likeness (QED) is 0.227. The van der Waals surface area contributed by atoms with E-state index >= 15 is 0 Å². The van der Waals surface area contributed by atoms with E-state index in [-0.39, 0.29) is 6.10 Å². The second kappa shape index (κ2) is 12.7. The fourth-order valence-electron chi connectivity index (χ4n) is 3.61. The molecule has 1 saturated heterocycles. The van der Waals surface area contributed by atoms with Crippen LogP contribution in [0.5, 0.6) is 0 Å². The zero-order valence-corrected chi connectivity index (χ0v) is 18.3. The van der Waals surface area contributed by atoms with Gasteiger partial charge in [-0.1, -0.05) is 55.2 Å². The van der Waals surface area contributed by atoms with Crippen LogP contribution < -0.4 is 11.2 Å². The molecule has 1 aliphatic heterocycles. The molecule has 1 aliphatic rings. The summed E-state index contributed by atoms with van der Waals surface area (Å²) in [5, 5.41) is 7.33. The lowest BCUT2D eigenvalue weighted by Gasteiger charge is -2.20. The number of rotatable bonds is 8. The molecule has 0 aliphatic carbocycles. The topological polar surface area (TPSA) is 72.0 Å². The number of aryl methyl sites for hydroxylation is 1. The first-order valence-corrected chi connectivity index (χ1v) is 11.1. The number of hydrazone groups is 1. The van der Waals surface area contributed by atoms with Crippen LogP contribution in [-0.2, 0) is 17.7 Å². The lowest BCUT2D eigenvalue weighted by molar-refractivity contribution is 0.0226. The Morgan fingerprint density at radius 2 is 2.10 bits per heavy atom. The first-order chi connectivity index (χ1) is 15.3. The maximum Gasteiger partial charge on any atom is 0.108 e. The molecular weight excluding hydrogens is 384 g/mol. The summed E-state index contributed by atoms with van der Waals surface area (Å²) < 4.78 is 5.73. The molecule has 1 atom stereocenters. The molecule has 0 bridgehead atoms. The van der Waals surface area contributed by atoms with Gasteiger partial charge >= 0.3 is 0 Å². The van der Waals surface area contributed by atoms with Gasteiger partial charge in [-0.05, 0) is 48.9 Å². The van der Waals surface area contributed by atoms with Gasteiger partial charge < -0.3 is 15.9 Å². The minimum absolute atomic E-state index is 0.211. The fourth-order valence-corrected chi connectivity index (χ4v) is 3.61. The smallest absolute Gasteiger partial charge is 0.108 e. The Hall–Kier alpha value is -2.94. The Labute approximate surface area is 185 Å². The molecule has 5 nitrogen and oxygen atoms in total. The van der Waals surface area contributed by atoms with E-state index in [0.29, 0.717) is 18.8 Å². The van der Waals surface area contributed by atoms with Gasteiger partial charge in [0.05, 0.1) is 19.2 Å². The monoisotopic (exact) mass is 416 g/mol. The van der Waals surface area contributed by atoms with Gasteiger partial charge in [0, 0.05) is 30.5 Å². The second-order valence-electron chi connectivity index (χ2n) is 7.61. The molecule has 0 radical (unpaired) electrons. The fraction of sp³-hybridized carbons (Fsp3) is 0.385. The van der Waals surface area contributed by atoms with E-state index in [1.165, 1.54) is 12.0 Å². The van der Waals surface area contributed by atoms with E-state index in [2.05, 4.69) is 52.4 Å². The maximum absolute atomic E-state index is 5.73. The van der Waals surface area contributed by atoms with E-state index in [1.807, 2.05) is 30.3 Å². The summed E-state index contributed by atoms with van der Waals surface area (Å²) in [4.78, 5) is 4.54. The third-order valence-electron chi connectivity index (χ3n) is 5.32. The van der Waals surface area contributed by atoms with Gasteiger partial charge in [0.2, 0.25) is 0 Å². The van der Waals surface area contributed by atoms with Crippen LogP contribution in [0, 0.1) is 11.8 Å². The molecule has 1 fully saturated rings. The first kappa shape index (κ1) is 22.7. The highest BCUT2D eigenvalue weighted by Gasteiger charge is 2.13. The molecule has 162 valence electrons. The van der Waals surface area contributed by atoms with Crippen molar-refractivity contribution >= 4 is 11.9 Å². The van der Waals surface area contributed by atoms with Crippen molar-refractivity contribution in [3.05, 3.63) is 70.8 Å². The van der Waals surface area contributed by atoms with Gasteiger partial charge in [-0.25, -0.2) is 0 Å². The number of nitrogens with two attached hydrogens (primary N) is 1. The standard InChI is InChI=1S/C26H32N4O/c1-2-23-17-21(11-8-15-28-18-22-9-4-3-5-10-22)13-14-25(23)26(30-27)20-29-19-24-12-6-7-16-31-24/h3-5,9-10,13-14,17,20,24,28H,2,6-7,12,15-16,18-19,27H2,1H3/b29-20?,30-26+. The van der Waals surface area contributed by atoms with Crippen molar-refractivity contribution in [2.75, 3.05) is 19.7 Å².